The van der Waals surface area contributed by atoms with Crippen LogP contribution in [0.4, 0.5) is 8.78 Å². The number of rotatable bonds is 6. The average Bonchev–Trinajstić information content (AvgIpc) is 3.45. The van der Waals surface area contributed by atoms with Crippen LogP contribution in [0, 0.1) is 17.6 Å². The molecule has 168 valence electrons. The van der Waals surface area contributed by atoms with Gasteiger partial charge in [0, 0.05) is 33.8 Å². The number of pyridine rings is 1. The van der Waals surface area contributed by atoms with Gasteiger partial charge in [0.05, 0.1) is 13.7 Å². The lowest BCUT2D eigenvalue weighted by Crippen LogP contribution is -2.12. The van der Waals surface area contributed by atoms with Gasteiger partial charge < -0.3 is 14.4 Å². The van der Waals surface area contributed by atoms with E-state index >= 15 is 0 Å². The van der Waals surface area contributed by atoms with Crippen LogP contribution in [0.25, 0.3) is 22.0 Å². The van der Waals surface area contributed by atoms with Crippen molar-refractivity contribution >= 4 is 16.9 Å². The molecule has 0 saturated heterocycles. The third-order valence-corrected chi connectivity index (χ3v) is 6.40. The van der Waals surface area contributed by atoms with Gasteiger partial charge in [-0.15, -0.1) is 0 Å². The third-order valence-electron chi connectivity index (χ3n) is 6.40. The molecule has 0 unspecified atom stereocenters. The largest absolute Gasteiger partial charge is 0.481 e. The van der Waals surface area contributed by atoms with Gasteiger partial charge >= 0.3 is 5.97 Å². The molecule has 2 aromatic carbocycles. The SMILES string of the molecule is COc1ncccc1-c1c(C(=O)O)n(Cc2cc(F)ccc2F)c2ccc([C@@H]3C[C@@H]3C)cc12. The highest BCUT2D eigenvalue weighted by atomic mass is 19.1. The Balaban J connectivity index is 1.82. The highest BCUT2D eigenvalue weighted by Gasteiger charge is 2.35. The number of methoxy groups -OCH3 is 1. The molecule has 5 nitrogen and oxygen atoms in total. The molecule has 1 N–H and O–H groups in total. The molecule has 0 radical (unpaired) electrons. The molecule has 0 amide bonds. The van der Waals surface area contributed by atoms with E-state index in [1.807, 2.05) is 18.2 Å². The van der Waals surface area contributed by atoms with Crippen molar-refractivity contribution in [2.45, 2.75) is 25.8 Å². The predicted molar refractivity (Wildman–Crippen MR) is 121 cm³/mol. The predicted octanol–water partition coefficient (Wildman–Crippen LogP) is 5.86. The number of fused-ring (bicyclic) bond motifs is 1. The van der Waals surface area contributed by atoms with Crippen LogP contribution >= 0.6 is 0 Å². The summed E-state index contributed by atoms with van der Waals surface area (Å²) in [5.74, 6) is -1.07. The summed E-state index contributed by atoms with van der Waals surface area (Å²) in [5.41, 5.74) is 2.77. The van der Waals surface area contributed by atoms with Crippen molar-refractivity contribution in [3.05, 3.63) is 83.2 Å². The number of nitrogens with zero attached hydrogens (tertiary/aromatic N) is 2. The molecule has 0 spiro atoms. The van der Waals surface area contributed by atoms with Crippen LogP contribution in [0.2, 0.25) is 0 Å². The topological polar surface area (TPSA) is 64.3 Å². The molecule has 2 atom stereocenters. The van der Waals surface area contributed by atoms with Crippen molar-refractivity contribution in [1.82, 2.24) is 9.55 Å². The van der Waals surface area contributed by atoms with Gasteiger partial charge in [0.2, 0.25) is 5.88 Å². The number of carbonyl (C=O) groups is 1. The van der Waals surface area contributed by atoms with Gasteiger partial charge in [0.15, 0.2) is 0 Å². The maximum absolute atomic E-state index is 14.5. The summed E-state index contributed by atoms with van der Waals surface area (Å²) in [6.45, 7) is 2.05. The minimum Gasteiger partial charge on any atom is -0.481 e. The Morgan fingerprint density at radius 1 is 1.21 bits per heavy atom. The lowest BCUT2D eigenvalue weighted by molar-refractivity contribution is 0.0687. The zero-order valence-electron chi connectivity index (χ0n) is 18.2. The van der Waals surface area contributed by atoms with E-state index in [2.05, 4.69) is 11.9 Å². The standard InChI is InChI=1S/C26H22F2N2O3/c1-14-10-19(14)15-5-8-22-20(12-15)23(18-4-3-9-29-25(18)33-2)24(26(31)32)30(22)13-16-11-17(27)6-7-21(16)28/h3-9,11-12,14,19H,10,13H2,1-2H3,(H,31,32)/t14-,19+/m0/s1. The van der Waals surface area contributed by atoms with Crippen molar-refractivity contribution in [3.8, 4) is 17.0 Å². The summed E-state index contributed by atoms with van der Waals surface area (Å²) in [5, 5.41) is 11.0. The van der Waals surface area contributed by atoms with Gasteiger partial charge in [-0.3, -0.25) is 0 Å². The van der Waals surface area contributed by atoms with E-state index in [0.29, 0.717) is 39.7 Å². The molecule has 1 aliphatic rings. The van der Waals surface area contributed by atoms with Crippen molar-refractivity contribution in [2.24, 2.45) is 5.92 Å². The smallest absolute Gasteiger partial charge is 0.353 e. The minimum absolute atomic E-state index is 0.0269. The molecular weight excluding hydrogens is 426 g/mol. The second-order valence-electron chi connectivity index (χ2n) is 8.51. The Hall–Kier alpha value is -3.74. The Kier molecular flexibility index (Phi) is 5.12. The highest BCUT2D eigenvalue weighted by Crippen LogP contribution is 2.49. The fourth-order valence-electron chi connectivity index (χ4n) is 4.63. The molecule has 33 heavy (non-hydrogen) atoms. The van der Waals surface area contributed by atoms with Gasteiger partial charge in [-0.1, -0.05) is 13.0 Å². The number of halogens is 2. The number of carboxylic acid groups (broad SMARTS) is 1. The van der Waals surface area contributed by atoms with E-state index in [-0.39, 0.29) is 17.8 Å². The Bertz CT molecular complexity index is 1400. The average molecular weight is 448 g/mol. The first-order valence-corrected chi connectivity index (χ1v) is 10.7. The van der Waals surface area contributed by atoms with E-state index in [9.17, 15) is 18.7 Å². The van der Waals surface area contributed by atoms with Crippen LogP contribution in [0.15, 0.2) is 54.7 Å². The fourth-order valence-corrected chi connectivity index (χ4v) is 4.63. The van der Waals surface area contributed by atoms with Gasteiger partial charge in [0.1, 0.15) is 17.3 Å². The normalized spacial score (nSPS) is 17.3. The molecule has 7 heteroatoms. The van der Waals surface area contributed by atoms with Gasteiger partial charge in [-0.2, -0.15) is 0 Å². The number of benzene rings is 2. The monoisotopic (exact) mass is 448 g/mol. The van der Waals surface area contributed by atoms with Crippen LogP contribution < -0.4 is 4.74 Å². The summed E-state index contributed by atoms with van der Waals surface area (Å²) in [6.07, 6.45) is 2.65. The van der Waals surface area contributed by atoms with Crippen LogP contribution in [0.1, 0.15) is 40.9 Å². The summed E-state index contributed by atoms with van der Waals surface area (Å²) in [6, 6.07) is 12.5. The molecule has 2 aromatic heterocycles. The number of aromatic nitrogens is 2. The van der Waals surface area contributed by atoms with Crippen LogP contribution in [0.5, 0.6) is 5.88 Å². The quantitative estimate of drug-likeness (QED) is 0.401. The Morgan fingerprint density at radius 3 is 2.70 bits per heavy atom. The minimum atomic E-state index is -1.18. The van der Waals surface area contributed by atoms with E-state index < -0.39 is 17.6 Å². The van der Waals surface area contributed by atoms with Gasteiger partial charge in [-0.25, -0.2) is 18.6 Å². The van der Waals surface area contributed by atoms with Gasteiger partial charge in [-0.05, 0) is 66.3 Å². The number of hydrogen-bond acceptors (Lipinski definition) is 3. The van der Waals surface area contributed by atoms with Crippen molar-refractivity contribution in [2.75, 3.05) is 7.11 Å². The molecule has 5 rings (SSSR count). The first kappa shape index (κ1) is 21.1. The first-order chi connectivity index (χ1) is 15.9. The number of carboxylic acids is 1. The van der Waals surface area contributed by atoms with E-state index in [1.165, 1.54) is 11.7 Å². The van der Waals surface area contributed by atoms with E-state index in [0.717, 1.165) is 30.2 Å². The second-order valence-corrected chi connectivity index (χ2v) is 8.51. The number of aromatic carboxylic acids is 1. The summed E-state index contributed by atoms with van der Waals surface area (Å²) in [4.78, 5) is 16.8. The number of hydrogen-bond donors (Lipinski definition) is 1. The molecule has 1 fully saturated rings. The molecular formula is C26H22F2N2O3. The zero-order chi connectivity index (χ0) is 23.3. The van der Waals surface area contributed by atoms with Crippen LogP contribution in [0.3, 0.4) is 0 Å². The highest BCUT2D eigenvalue weighted by molar-refractivity contribution is 6.09. The van der Waals surface area contributed by atoms with E-state index in [1.54, 1.807) is 18.3 Å². The Morgan fingerprint density at radius 2 is 2.00 bits per heavy atom. The number of ether oxygens (including phenoxy) is 1. The molecule has 1 aliphatic carbocycles. The maximum Gasteiger partial charge on any atom is 0.353 e. The summed E-state index contributed by atoms with van der Waals surface area (Å²) >= 11 is 0. The maximum atomic E-state index is 14.5. The summed E-state index contributed by atoms with van der Waals surface area (Å²) in [7, 11) is 1.48. The fraction of sp³-hybridized carbons (Fsp3) is 0.231. The molecule has 0 bridgehead atoms. The zero-order valence-corrected chi connectivity index (χ0v) is 18.2. The first-order valence-electron chi connectivity index (χ1n) is 10.7. The molecule has 1 saturated carbocycles. The van der Waals surface area contributed by atoms with Crippen molar-refractivity contribution in [3.63, 3.8) is 0 Å². The molecule has 4 aromatic rings. The van der Waals surface area contributed by atoms with Crippen molar-refractivity contribution in [1.29, 1.82) is 0 Å². The van der Waals surface area contributed by atoms with Crippen LogP contribution in [-0.2, 0) is 6.54 Å². The summed E-state index contributed by atoms with van der Waals surface area (Å²) < 4.78 is 35.3. The third kappa shape index (κ3) is 3.63. The lowest BCUT2D eigenvalue weighted by Gasteiger charge is -2.11. The van der Waals surface area contributed by atoms with Crippen molar-refractivity contribution < 1.29 is 23.4 Å². The second kappa shape index (κ2) is 7.99. The van der Waals surface area contributed by atoms with Crippen LogP contribution in [-0.4, -0.2) is 27.7 Å². The molecule has 0 aliphatic heterocycles. The van der Waals surface area contributed by atoms with Gasteiger partial charge in [0.25, 0.3) is 0 Å². The van der Waals surface area contributed by atoms with E-state index in [4.69, 9.17) is 4.74 Å². The Labute approximate surface area is 189 Å². The molecule has 2 heterocycles. The lowest BCUT2D eigenvalue weighted by atomic mass is 9.99.